The molecular formula is C17H21BrN2. The Morgan fingerprint density at radius 3 is 2.20 bits per heavy atom. The third-order valence-electron chi connectivity index (χ3n) is 3.58. The number of hydrogen-bond donors (Lipinski definition) is 2. The maximum absolute atomic E-state index is 5.96. The predicted molar refractivity (Wildman–Crippen MR) is 90.2 cm³/mol. The number of hydrogen-bond acceptors (Lipinski definition) is 2. The van der Waals surface area contributed by atoms with Crippen LogP contribution in [0.3, 0.4) is 0 Å². The molecule has 2 nitrogen and oxygen atoms in total. The summed E-state index contributed by atoms with van der Waals surface area (Å²) in [5.41, 5.74) is 12.1. The number of anilines is 1. The number of benzene rings is 2. The summed E-state index contributed by atoms with van der Waals surface area (Å²) in [7, 11) is 0. The molecule has 0 aromatic heterocycles. The molecule has 2 aromatic carbocycles. The van der Waals surface area contributed by atoms with Gasteiger partial charge in [0.15, 0.2) is 0 Å². The zero-order valence-electron chi connectivity index (χ0n) is 12.2. The molecule has 3 N–H and O–H groups in total. The van der Waals surface area contributed by atoms with Crippen molar-refractivity contribution in [1.82, 2.24) is 0 Å². The Balaban J connectivity index is 2.30. The second-order valence-electron chi connectivity index (χ2n) is 5.21. The summed E-state index contributed by atoms with van der Waals surface area (Å²) in [6.45, 7) is 6.90. The molecule has 0 spiro atoms. The third kappa shape index (κ3) is 3.22. The molecule has 1 atom stereocenters. The predicted octanol–water partition coefficient (Wildman–Crippen LogP) is 4.49. The normalized spacial score (nSPS) is 12.2. The molecular weight excluding hydrogens is 312 g/mol. The average Bonchev–Trinajstić information content (AvgIpc) is 2.43. The van der Waals surface area contributed by atoms with Gasteiger partial charge in [-0.25, -0.2) is 0 Å². The van der Waals surface area contributed by atoms with Gasteiger partial charge in [0.05, 0.1) is 6.04 Å². The molecule has 0 aliphatic rings. The maximum Gasteiger partial charge on any atom is 0.0638 e. The lowest BCUT2D eigenvalue weighted by atomic mass is 10.0. The lowest BCUT2D eigenvalue weighted by molar-refractivity contribution is 0.783. The quantitative estimate of drug-likeness (QED) is 0.865. The van der Waals surface area contributed by atoms with Crippen LogP contribution in [-0.2, 0) is 0 Å². The van der Waals surface area contributed by atoms with Gasteiger partial charge < -0.3 is 11.1 Å². The first kappa shape index (κ1) is 15.1. The van der Waals surface area contributed by atoms with Gasteiger partial charge in [0, 0.05) is 16.7 Å². The molecule has 0 bridgehead atoms. The zero-order valence-corrected chi connectivity index (χ0v) is 13.8. The van der Waals surface area contributed by atoms with Crippen LogP contribution in [0.15, 0.2) is 40.9 Å². The van der Waals surface area contributed by atoms with Crippen LogP contribution >= 0.6 is 15.9 Å². The van der Waals surface area contributed by atoms with E-state index in [-0.39, 0.29) is 6.04 Å². The van der Waals surface area contributed by atoms with Crippen molar-refractivity contribution in [2.45, 2.75) is 26.8 Å². The Kier molecular flexibility index (Phi) is 4.84. The second kappa shape index (κ2) is 6.42. The van der Waals surface area contributed by atoms with Crippen LogP contribution in [-0.4, -0.2) is 6.54 Å². The van der Waals surface area contributed by atoms with Crippen LogP contribution in [0.25, 0.3) is 0 Å². The first-order valence-corrected chi connectivity index (χ1v) is 7.61. The van der Waals surface area contributed by atoms with E-state index in [9.17, 15) is 0 Å². The zero-order chi connectivity index (χ0) is 14.7. The Morgan fingerprint density at radius 1 is 1.05 bits per heavy atom. The van der Waals surface area contributed by atoms with Crippen molar-refractivity contribution >= 4 is 21.6 Å². The molecule has 0 aliphatic carbocycles. The SMILES string of the molecule is Cc1ccccc1C(CN)Nc1cc(C)c(Br)c(C)c1. The van der Waals surface area contributed by atoms with Crippen molar-refractivity contribution in [1.29, 1.82) is 0 Å². The summed E-state index contributed by atoms with van der Waals surface area (Å²) >= 11 is 3.60. The Hall–Kier alpha value is -1.32. The summed E-state index contributed by atoms with van der Waals surface area (Å²) in [5.74, 6) is 0. The van der Waals surface area contributed by atoms with Gasteiger partial charge in [0.1, 0.15) is 0 Å². The highest BCUT2D eigenvalue weighted by atomic mass is 79.9. The van der Waals surface area contributed by atoms with Crippen LogP contribution in [0.4, 0.5) is 5.69 Å². The van der Waals surface area contributed by atoms with Crippen molar-refractivity contribution in [2.75, 3.05) is 11.9 Å². The molecule has 3 heteroatoms. The van der Waals surface area contributed by atoms with Crippen molar-refractivity contribution in [3.63, 3.8) is 0 Å². The fraction of sp³-hybridized carbons (Fsp3) is 0.294. The van der Waals surface area contributed by atoms with Crippen LogP contribution in [0.2, 0.25) is 0 Å². The number of nitrogens with two attached hydrogens (primary N) is 1. The van der Waals surface area contributed by atoms with Gasteiger partial charge in [-0.05, 0) is 55.2 Å². The van der Waals surface area contributed by atoms with E-state index >= 15 is 0 Å². The molecule has 0 aliphatic heterocycles. The van der Waals surface area contributed by atoms with Crippen molar-refractivity contribution < 1.29 is 0 Å². The highest BCUT2D eigenvalue weighted by Gasteiger charge is 2.12. The Morgan fingerprint density at radius 2 is 1.65 bits per heavy atom. The summed E-state index contributed by atoms with van der Waals surface area (Å²) in [6.07, 6.45) is 0. The van der Waals surface area contributed by atoms with Gasteiger partial charge in [-0.15, -0.1) is 0 Å². The molecule has 0 saturated carbocycles. The van der Waals surface area contributed by atoms with Gasteiger partial charge in [-0.3, -0.25) is 0 Å². The smallest absolute Gasteiger partial charge is 0.0638 e. The van der Waals surface area contributed by atoms with E-state index in [1.54, 1.807) is 0 Å². The molecule has 0 heterocycles. The summed E-state index contributed by atoms with van der Waals surface area (Å²) < 4.78 is 1.17. The highest BCUT2D eigenvalue weighted by molar-refractivity contribution is 9.10. The molecule has 2 rings (SSSR count). The third-order valence-corrected chi connectivity index (χ3v) is 4.83. The first-order valence-electron chi connectivity index (χ1n) is 6.81. The highest BCUT2D eigenvalue weighted by Crippen LogP contribution is 2.28. The Bertz CT molecular complexity index is 585. The van der Waals surface area contributed by atoms with E-state index in [1.165, 1.54) is 26.7 Å². The second-order valence-corrected chi connectivity index (χ2v) is 6.01. The van der Waals surface area contributed by atoms with E-state index in [1.807, 2.05) is 0 Å². The van der Waals surface area contributed by atoms with Crippen molar-refractivity contribution in [2.24, 2.45) is 5.73 Å². The van der Waals surface area contributed by atoms with Crippen LogP contribution in [0, 0.1) is 20.8 Å². The molecule has 0 saturated heterocycles. The van der Waals surface area contributed by atoms with Crippen molar-refractivity contribution in [3.05, 3.63) is 63.1 Å². The van der Waals surface area contributed by atoms with Crippen LogP contribution in [0.1, 0.15) is 28.3 Å². The van der Waals surface area contributed by atoms with Crippen molar-refractivity contribution in [3.8, 4) is 0 Å². The van der Waals surface area contributed by atoms with Gasteiger partial charge in [0.2, 0.25) is 0 Å². The monoisotopic (exact) mass is 332 g/mol. The van der Waals surface area contributed by atoms with E-state index in [0.29, 0.717) is 6.54 Å². The maximum atomic E-state index is 5.96. The summed E-state index contributed by atoms with van der Waals surface area (Å²) in [5, 5.41) is 3.55. The lowest BCUT2D eigenvalue weighted by Gasteiger charge is -2.21. The molecule has 106 valence electrons. The average molecular weight is 333 g/mol. The molecule has 0 fully saturated rings. The first-order chi connectivity index (χ1) is 9.52. The lowest BCUT2D eigenvalue weighted by Crippen LogP contribution is -2.21. The van der Waals surface area contributed by atoms with Gasteiger partial charge in [0.25, 0.3) is 0 Å². The van der Waals surface area contributed by atoms with Gasteiger partial charge in [-0.2, -0.15) is 0 Å². The molecule has 0 amide bonds. The standard InChI is InChI=1S/C17H21BrN2/c1-11-6-4-5-7-15(11)16(10-19)20-14-8-12(2)17(18)13(3)9-14/h4-9,16,20H,10,19H2,1-3H3. The summed E-state index contributed by atoms with van der Waals surface area (Å²) in [4.78, 5) is 0. The molecule has 1 unspecified atom stereocenters. The van der Waals surface area contributed by atoms with Gasteiger partial charge in [-0.1, -0.05) is 40.2 Å². The van der Waals surface area contributed by atoms with Gasteiger partial charge >= 0.3 is 0 Å². The van der Waals surface area contributed by atoms with E-state index in [0.717, 1.165) is 5.69 Å². The number of halogens is 1. The van der Waals surface area contributed by atoms with Crippen LogP contribution < -0.4 is 11.1 Å². The minimum atomic E-state index is 0.135. The van der Waals surface area contributed by atoms with E-state index in [2.05, 4.69) is 78.4 Å². The largest absolute Gasteiger partial charge is 0.377 e. The minimum Gasteiger partial charge on any atom is -0.377 e. The molecule has 0 radical (unpaired) electrons. The number of nitrogens with one attached hydrogen (secondary N) is 1. The van der Waals surface area contributed by atoms with E-state index < -0.39 is 0 Å². The fourth-order valence-corrected chi connectivity index (χ4v) is 2.70. The molecule has 2 aromatic rings. The minimum absolute atomic E-state index is 0.135. The van der Waals surface area contributed by atoms with Crippen LogP contribution in [0.5, 0.6) is 0 Å². The number of rotatable bonds is 4. The van der Waals surface area contributed by atoms with E-state index in [4.69, 9.17) is 5.73 Å². The summed E-state index contributed by atoms with van der Waals surface area (Å²) in [6, 6.07) is 12.8. The molecule has 20 heavy (non-hydrogen) atoms. The Labute approximate surface area is 129 Å². The topological polar surface area (TPSA) is 38.0 Å². The fourth-order valence-electron chi connectivity index (χ4n) is 2.47. The number of aryl methyl sites for hydroxylation is 3.